The minimum atomic E-state index is 0.112. The van der Waals surface area contributed by atoms with E-state index in [0.717, 1.165) is 18.0 Å². The van der Waals surface area contributed by atoms with E-state index < -0.39 is 0 Å². The minimum absolute atomic E-state index is 0.112. The quantitative estimate of drug-likeness (QED) is 0.754. The Labute approximate surface area is 83.4 Å². The zero-order valence-electron chi connectivity index (χ0n) is 8.17. The van der Waals surface area contributed by atoms with Crippen LogP contribution in [0.5, 0.6) is 0 Å². The van der Waals surface area contributed by atoms with Gasteiger partial charge in [0.05, 0.1) is 6.04 Å². The first kappa shape index (κ1) is 10.6. The van der Waals surface area contributed by atoms with Crippen molar-refractivity contribution >= 4 is 22.8 Å². The number of nitrogens with zero attached hydrogens (tertiary/aromatic N) is 1. The van der Waals surface area contributed by atoms with E-state index in [1.54, 1.807) is 0 Å². The number of rotatable bonds is 3. The number of amidine groups is 1. The lowest BCUT2D eigenvalue weighted by Gasteiger charge is -2.19. The van der Waals surface area contributed by atoms with E-state index in [9.17, 15) is 4.79 Å². The van der Waals surface area contributed by atoms with Gasteiger partial charge in [-0.25, -0.2) is 0 Å². The van der Waals surface area contributed by atoms with Crippen molar-refractivity contribution in [2.75, 3.05) is 6.26 Å². The molecule has 1 heterocycles. The van der Waals surface area contributed by atoms with E-state index in [0.29, 0.717) is 6.42 Å². The fourth-order valence-electron chi connectivity index (χ4n) is 1.34. The number of carbonyl (C=O) groups is 1. The zero-order valence-corrected chi connectivity index (χ0v) is 8.99. The first-order chi connectivity index (χ1) is 6.26. The van der Waals surface area contributed by atoms with Crippen LogP contribution in [0.25, 0.3) is 0 Å². The summed E-state index contributed by atoms with van der Waals surface area (Å²) in [4.78, 5) is 15.6. The summed E-state index contributed by atoms with van der Waals surface area (Å²) in [5.41, 5.74) is 0. The van der Waals surface area contributed by atoms with Crippen molar-refractivity contribution in [2.45, 2.75) is 38.6 Å². The van der Waals surface area contributed by atoms with Gasteiger partial charge in [-0.3, -0.25) is 9.79 Å². The van der Waals surface area contributed by atoms with Gasteiger partial charge in [-0.05, 0) is 12.7 Å². The molecule has 1 aliphatic heterocycles. The standard InChI is InChI=1S/C9H16N2OS/c1-3-4-5-7-6-8(12)11-9(10-7)13-2/h7H,3-6H2,1-2H3,(H,10,11,12). The van der Waals surface area contributed by atoms with Crippen molar-refractivity contribution < 1.29 is 4.79 Å². The molecule has 0 aromatic heterocycles. The average Bonchev–Trinajstić information content (AvgIpc) is 2.14. The largest absolute Gasteiger partial charge is 0.305 e. The topological polar surface area (TPSA) is 41.5 Å². The van der Waals surface area contributed by atoms with Crippen LogP contribution in [0.15, 0.2) is 4.99 Å². The van der Waals surface area contributed by atoms with Gasteiger partial charge in [0.1, 0.15) is 0 Å². The van der Waals surface area contributed by atoms with Crippen molar-refractivity contribution in [1.82, 2.24) is 5.32 Å². The smallest absolute Gasteiger partial charge is 0.228 e. The Balaban J connectivity index is 2.49. The number of thioether (sulfide) groups is 1. The number of carbonyl (C=O) groups excluding carboxylic acids is 1. The van der Waals surface area contributed by atoms with Crippen LogP contribution in [0.1, 0.15) is 32.6 Å². The summed E-state index contributed by atoms with van der Waals surface area (Å²) in [6.07, 6.45) is 5.85. The second-order valence-electron chi connectivity index (χ2n) is 3.19. The summed E-state index contributed by atoms with van der Waals surface area (Å²) < 4.78 is 0. The van der Waals surface area contributed by atoms with E-state index >= 15 is 0 Å². The molecular formula is C9H16N2OS. The van der Waals surface area contributed by atoms with Gasteiger partial charge in [0.15, 0.2) is 5.17 Å². The number of hydrogen-bond donors (Lipinski definition) is 1. The lowest BCUT2D eigenvalue weighted by atomic mass is 10.1. The maximum absolute atomic E-state index is 11.2. The second kappa shape index (κ2) is 5.27. The van der Waals surface area contributed by atoms with Gasteiger partial charge in [0, 0.05) is 6.42 Å². The Bertz CT molecular complexity index is 216. The van der Waals surface area contributed by atoms with E-state index in [-0.39, 0.29) is 11.9 Å². The summed E-state index contributed by atoms with van der Waals surface area (Å²) >= 11 is 1.50. The molecule has 74 valence electrons. The lowest BCUT2D eigenvalue weighted by Crippen LogP contribution is -2.36. The van der Waals surface area contributed by atoms with Gasteiger partial charge in [0.25, 0.3) is 0 Å². The third-order valence-electron chi connectivity index (χ3n) is 2.05. The minimum Gasteiger partial charge on any atom is -0.305 e. The van der Waals surface area contributed by atoms with E-state index in [1.807, 2.05) is 6.26 Å². The molecule has 1 amide bonds. The molecule has 1 rings (SSSR count). The normalized spacial score (nSPS) is 22.5. The number of unbranched alkanes of at least 4 members (excludes halogenated alkanes) is 1. The molecule has 1 atom stereocenters. The third kappa shape index (κ3) is 3.38. The third-order valence-corrected chi connectivity index (χ3v) is 2.65. The predicted molar refractivity (Wildman–Crippen MR) is 57.0 cm³/mol. The monoisotopic (exact) mass is 200 g/mol. The molecule has 0 aromatic rings. The maximum Gasteiger partial charge on any atom is 0.228 e. The molecule has 0 saturated carbocycles. The highest BCUT2D eigenvalue weighted by molar-refractivity contribution is 8.13. The number of hydrogen-bond acceptors (Lipinski definition) is 3. The molecule has 1 N–H and O–H groups in total. The van der Waals surface area contributed by atoms with E-state index in [1.165, 1.54) is 18.2 Å². The molecule has 4 heteroatoms. The Kier molecular flexibility index (Phi) is 4.28. The van der Waals surface area contributed by atoms with Crippen molar-refractivity contribution in [2.24, 2.45) is 4.99 Å². The highest BCUT2D eigenvalue weighted by Gasteiger charge is 2.19. The molecule has 0 radical (unpaired) electrons. The summed E-state index contributed by atoms with van der Waals surface area (Å²) in [5.74, 6) is 0.112. The SMILES string of the molecule is CCCCC1CC(=O)NC(SC)=N1. The Morgan fingerprint density at radius 2 is 2.46 bits per heavy atom. The van der Waals surface area contributed by atoms with Crippen LogP contribution in [-0.4, -0.2) is 23.4 Å². The van der Waals surface area contributed by atoms with Crippen molar-refractivity contribution in [1.29, 1.82) is 0 Å². The van der Waals surface area contributed by atoms with Crippen molar-refractivity contribution in [3.05, 3.63) is 0 Å². The fraction of sp³-hybridized carbons (Fsp3) is 0.778. The van der Waals surface area contributed by atoms with E-state index in [2.05, 4.69) is 17.2 Å². The van der Waals surface area contributed by atoms with Gasteiger partial charge in [-0.2, -0.15) is 0 Å². The van der Waals surface area contributed by atoms with Crippen molar-refractivity contribution in [3.8, 4) is 0 Å². The van der Waals surface area contributed by atoms with E-state index in [4.69, 9.17) is 0 Å². The summed E-state index contributed by atoms with van der Waals surface area (Å²) in [6, 6.07) is 0.219. The molecule has 0 spiro atoms. The van der Waals surface area contributed by atoms with Crippen LogP contribution in [0, 0.1) is 0 Å². The number of amides is 1. The highest BCUT2D eigenvalue weighted by atomic mass is 32.2. The van der Waals surface area contributed by atoms with Crippen LogP contribution in [-0.2, 0) is 4.79 Å². The van der Waals surface area contributed by atoms with Crippen LogP contribution in [0.3, 0.4) is 0 Å². The molecule has 3 nitrogen and oxygen atoms in total. The summed E-state index contributed by atoms with van der Waals surface area (Å²) in [6.45, 7) is 2.15. The molecule has 0 saturated heterocycles. The Morgan fingerprint density at radius 1 is 1.69 bits per heavy atom. The molecule has 0 fully saturated rings. The maximum atomic E-state index is 11.2. The first-order valence-corrected chi connectivity index (χ1v) is 5.90. The van der Waals surface area contributed by atoms with Crippen LogP contribution >= 0.6 is 11.8 Å². The predicted octanol–water partition coefficient (Wildman–Crippen LogP) is 1.78. The van der Waals surface area contributed by atoms with Crippen LogP contribution < -0.4 is 5.32 Å². The van der Waals surface area contributed by atoms with Gasteiger partial charge in [-0.1, -0.05) is 31.5 Å². The number of nitrogens with one attached hydrogen (secondary N) is 1. The van der Waals surface area contributed by atoms with Crippen LogP contribution in [0.2, 0.25) is 0 Å². The Hall–Kier alpha value is -0.510. The van der Waals surface area contributed by atoms with Crippen molar-refractivity contribution in [3.63, 3.8) is 0 Å². The van der Waals surface area contributed by atoms with Gasteiger partial charge < -0.3 is 5.32 Å². The lowest BCUT2D eigenvalue weighted by molar-refractivity contribution is -0.120. The van der Waals surface area contributed by atoms with Gasteiger partial charge >= 0.3 is 0 Å². The highest BCUT2D eigenvalue weighted by Crippen LogP contribution is 2.14. The Morgan fingerprint density at radius 3 is 3.08 bits per heavy atom. The average molecular weight is 200 g/mol. The first-order valence-electron chi connectivity index (χ1n) is 4.68. The second-order valence-corrected chi connectivity index (χ2v) is 3.98. The molecular weight excluding hydrogens is 184 g/mol. The summed E-state index contributed by atoms with van der Waals surface area (Å²) in [7, 11) is 0. The number of aliphatic imine (C=N–C) groups is 1. The fourth-order valence-corrected chi connectivity index (χ4v) is 1.81. The zero-order chi connectivity index (χ0) is 9.68. The molecule has 0 aliphatic carbocycles. The summed E-state index contributed by atoms with van der Waals surface area (Å²) in [5, 5.41) is 3.52. The van der Waals surface area contributed by atoms with Gasteiger partial charge in [-0.15, -0.1) is 0 Å². The molecule has 1 aliphatic rings. The molecule has 13 heavy (non-hydrogen) atoms. The molecule has 0 aromatic carbocycles. The van der Waals surface area contributed by atoms with Crippen LogP contribution in [0.4, 0.5) is 0 Å². The van der Waals surface area contributed by atoms with Gasteiger partial charge in [0.2, 0.25) is 5.91 Å². The molecule has 1 unspecified atom stereocenters. The molecule has 0 bridgehead atoms.